The third-order valence-electron chi connectivity index (χ3n) is 5.09. The summed E-state index contributed by atoms with van der Waals surface area (Å²) in [5.74, 6) is 0.874. The van der Waals surface area contributed by atoms with E-state index in [1.807, 2.05) is 66.7 Å². The molecule has 1 amide bonds. The molecule has 0 aliphatic carbocycles. The van der Waals surface area contributed by atoms with Gasteiger partial charge in [0.05, 0.1) is 10.6 Å². The van der Waals surface area contributed by atoms with Crippen LogP contribution in [-0.4, -0.2) is 40.2 Å². The molecule has 2 aliphatic heterocycles. The Hall–Kier alpha value is -3.88. The lowest BCUT2D eigenvalue weighted by Crippen LogP contribution is -2.35. The van der Waals surface area contributed by atoms with E-state index in [0.29, 0.717) is 39.8 Å². The summed E-state index contributed by atoms with van der Waals surface area (Å²) in [7, 11) is 0. The highest BCUT2D eigenvalue weighted by atomic mass is 35.5. The molecule has 0 radical (unpaired) electrons. The molecule has 3 aromatic carbocycles. The lowest BCUT2D eigenvalue weighted by Gasteiger charge is -2.20. The molecule has 1 N–H and O–H groups in total. The van der Waals surface area contributed by atoms with Crippen LogP contribution in [0.25, 0.3) is 6.08 Å². The second-order valence-corrected chi connectivity index (χ2v) is 8.85. The summed E-state index contributed by atoms with van der Waals surface area (Å²) in [4.78, 5) is 16.9. The standard InChI is InChI=1S/C26H19ClN4O3S/c27-22-12-5-4-11-20(22)25-30-31-23(28)21(24(32)29-26(31)35-25)16-17-7-6-10-19(15-17)34-14-13-33-18-8-2-1-3-9-18/h1-12,15-16,28H,13-14H2. The van der Waals surface area contributed by atoms with Gasteiger partial charge in [-0.2, -0.15) is 15.1 Å². The van der Waals surface area contributed by atoms with Crippen LogP contribution in [0.3, 0.4) is 0 Å². The van der Waals surface area contributed by atoms with Gasteiger partial charge in [0, 0.05) is 5.56 Å². The third kappa shape index (κ3) is 5.13. The predicted octanol–water partition coefficient (Wildman–Crippen LogP) is 5.47. The molecule has 0 saturated carbocycles. The van der Waals surface area contributed by atoms with Crippen molar-refractivity contribution in [1.29, 1.82) is 5.41 Å². The van der Waals surface area contributed by atoms with Gasteiger partial charge in [0.25, 0.3) is 5.91 Å². The number of benzene rings is 3. The van der Waals surface area contributed by atoms with Crippen LogP contribution in [0.4, 0.5) is 0 Å². The van der Waals surface area contributed by atoms with Crippen LogP contribution in [0, 0.1) is 5.41 Å². The Bertz CT molecular complexity index is 1390. The van der Waals surface area contributed by atoms with Crippen LogP contribution in [0.15, 0.2) is 94.5 Å². The number of halogens is 1. The molecule has 0 saturated heterocycles. The van der Waals surface area contributed by atoms with Crippen LogP contribution in [0.2, 0.25) is 5.02 Å². The number of aliphatic imine (C=N–C) groups is 1. The van der Waals surface area contributed by atoms with Gasteiger partial charge in [0.15, 0.2) is 5.84 Å². The Morgan fingerprint density at radius 2 is 1.66 bits per heavy atom. The number of amides is 1. The molecule has 0 bridgehead atoms. The average molecular weight is 503 g/mol. The number of hydrazone groups is 1. The monoisotopic (exact) mass is 502 g/mol. The van der Waals surface area contributed by atoms with Gasteiger partial charge in [-0.15, -0.1) is 0 Å². The summed E-state index contributed by atoms with van der Waals surface area (Å²) in [6.45, 7) is 0.760. The number of hydrogen-bond acceptors (Lipinski definition) is 6. The molecule has 2 heterocycles. The minimum absolute atomic E-state index is 0.0443. The largest absolute Gasteiger partial charge is 0.490 e. The van der Waals surface area contributed by atoms with Crippen molar-refractivity contribution in [3.05, 3.63) is 101 Å². The first-order valence-corrected chi connectivity index (χ1v) is 11.9. The van der Waals surface area contributed by atoms with Crippen molar-refractivity contribution < 1.29 is 14.3 Å². The number of thioether (sulfide) groups is 1. The first-order valence-electron chi connectivity index (χ1n) is 10.7. The summed E-state index contributed by atoms with van der Waals surface area (Å²) in [6, 6.07) is 24.1. The molecular formula is C26H19ClN4O3S. The molecule has 9 heteroatoms. The number of nitrogens with one attached hydrogen (secondary N) is 1. The molecule has 0 unspecified atom stereocenters. The van der Waals surface area contributed by atoms with E-state index in [0.717, 1.165) is 11.3 Å². The summed E-state index contributed by atoms with van der Waals surface area (Å²) < 4.78 is 11.4. The number of hydrogen-bond donors (Lipinski definition) is 1. The van der Waals surface area contributed by atoms with E-state index in [1.165, 1.54) is 16.8 Å². The van der Waals surface area contributed by atoms with Crippen LogP contribution in [-0.2, 0) is 4.79 Å². The predicted molar refractivity (Wildman–Crippen MR) is 139 cm³/mol. The fourth-order valence-electron chi connectivity index (χ4n) is 3.43. The van der Waals surface area contributed by atoms with Crippen molar-refractivity contribution in [3.8, 4) is 11.5 Å². The molecular weight excluding hydrogens is 484 g/mol. The van der Waals surface area contributed by atoms with E-state index in [4.69, 9.17) is 26.5 Å². The van der Waals surface area contributed by atoms with Gasteiger partial charge >= 0.3 is 0 Å². The molecule has 3 aromatic rings. The molecule has 35 heavy (non-hydrogen) atoms. The minimum Gasteiger partial charge on any atom is -0.490 e. The molecule has 0 atom stereocenters. The van der Waals surface area contributed by atoms with Crippen molar-refractivity contribution in [3.63, 3.8) is 0 Å². The lowest BCUT2D eigenvalue weighted by molar-refractivity contribution is -0.114. The van der Waals surface area contributed by atoms with E-state index >= 15 is 0 Å². The fraction of sp³-hybridized carbons (Fsp3) is 0.0769. The summed E-state index contributed by atoms with van der Waals surface area (Å²) >= 11 is 7.50. The number of carbonyl (C=O) groups excluding carboxylic acids is 1. The van der Waals surface area contributed by atoms with E-state index in [-0.39, 0.29) is 11.4 Å². The second kappa shape index (κ2) is 10.2. The fourth-order valence-corrected chi connectivity index (χ4v) is 4.64. The molecule has 174 valence electrons. The number of amidine groups is 2. The number of carbonyl (C=O) groups is 1. The smallest absolute Gasteiger partial charge is 0.283 e. The highest BCUT2D eigenvalue weighted by Crippen LogP contribution is 2.33. The Morgan fingerprint density at radius 3 is 2.46 bits per heavy atom. The molecule has 0 aromatic heterocycles. The number of nitrogens with zero attached hydrogens (tertiary/aromatic N) is 3. The van der Waals surface area contributed by atoms with Crippen LogP contribution in [0.1, 0.15) is 11.1 Å². The average Bonchev–Trinajstić information content (AvgIpc) is 3.29. The van der Waals surface area contributed by atoms with E-state index in [9.17, 15) is 4.79 Å². The zero-order valence-electron chi connectivity index (χ0n) is 18.3. The number of para-hydroxylation sites is 1. The van der Waals surface area contributed by atoms with Crippen molar-refractivity contribution in [2.75, 3.05) is 13.2 Å². The third-order valence-corrected chi connectivity index (χ3v) is 6.36. The normalized spacial score (nSPS) is 16.1. The van der Waals surface area contributed by atoms with Gasteiger partial charge in [-0.25, -0.2) is 0 Å². The summed E-state index contributed by atoms with van der Waals surface area (Å²) in [5, 5.41) is 15.9. The van der Waals surface area contributed by atoms with Crippen LogP contribution >= 0.6 is 23.4 Å². The van der Waals surface area contributed by atoms with Crippen molar-refractivity contribution in [2.24, 2.45) is 10.1 Å². The van der Waals surface area contributed by atoms with Gasteiger partial charge in [0.2, 0.25) is 5.17 Å². The Balaban J connectivity index is 1.29. The van der Waals surface area contributed by atoms with Crippen molar-refractivity contribution >= 4 is 51.4 Å². The van der Waals surface area contributed by atoms with Gasteiger partial charge in [-0.1, -0.05) is 60.1 Å². The first-order chi connectivity index (χ1) is 17.1. The van der Waals surface area contributed by atoms with E-state index in [2.05, 4.69) is 10.1 Å². The summed E-state index contributed by atoms with van der Waals surface area (Å²) in [6.07, 6.45) is 1.62. The highest BCUT2D eigenvalue weighted by Gasteiger charge is 2.36. The lowest BCUT2D eigenvalue weighted by atomic mass is 10.1. The van der Waals surface area contributed by atoms with Crippen molar-refractivity contribution in [1.82, 2.24) is 5.01 Å². The van der Waals surface area contributed by atoms with E-state index in [1.54, 1.807) is 18.2 Å². The highest BCUT2D eigenvalue weighted by molar-refractivity contribution is 8.27. The van der Waals surface area contributed by atoms with Gasteiger partial charge in [-0.3, -0.25) is 10.2 Å². The van der Waals surface area contributed by atoms with Crippen LogP contribution < -0.4 is 9.47 Å². The van der Waals surface area contributed by atoms with Gasteiger partial charge in [-0.05, 0) is 53.7 Å². The second-order valence-electron chi connectivity index (χ2n) is 7.49. The molecule has 0 fully saturated rings. The molecule has 7 nitrogen and oxygen atoms in total. The number of rotatable bonds is 7. The minimum atomic E-state index is -0.494. The number of ether oxygens (including phenoxy) is 2. The topological polar surface area (TPSA) is 87.3 Å². The quantitative estimate of drug-likeness (QED) is 0.342. The van der Waals surface area contributed by atoms with Gasteiger partial charge in [0.1, 0.15) is 29.8 Å². The number of fused-ring (bicyclic) bond motifs is 1. The maximum Gasteiger partial charge on any atom is 0.283 e. The molecule has 2 aliphatic rings. The molecule has 5 rings (SSSR count). The van der Waals surface area contributed by atoms with Crippen LogP contribution in [0.5, 0.6) is 11.5 Å². The Morgan fingerprint density at radius 1 is 0.943 bits per heavy atom. The SMILES string of the molecule is N=C1C(=Cc2cccc(OCCOc3ccccc3)c2)C(=O)N=C2SC(c3ccccc3Cl)=NN12. The molecule has 0 spiro atoms. The summed E-state index contributed by atoms with van der Waals surface area (Å²) in [5.41, 5.74) is 1.58. The zero-order valence-corrected chi connectivity index (χ0v) is 19.9. The zero-order chi connectivity index (χ0) is 24.2. The van der Waals surface area contributed by atoms with Gasteiger partial charge < -0.3 is 9.47 Å². The first kappa shape index (κ1) is 22.9. The maximum atomic E-state index is 12.7. The van der Waals surface area contributed by atoms with Crippen molar-refractivity contribution in [2.45, 2.75) is 0 Å². The maximum absolute atomic E-state index is 12.7. The van der Waals surface area contributed by atoms with E-state index < -0.39 is 5.91 Å². The Labute approximate surface area is 211 Å². The Kier molecular flexibility index (Phi) is 6.65.